The second-order valence-electron chi connectivity index (χ2n) is 3.74. The van der Waals surface area contributed by atoms with Gasteiger partial charge in [0.1, 0.15) is 6.04 Å². The lowest BCUT2D eigenvalue weighted by atomic mass is 10.3. The van der Waals surface area contributed by atoms with Crippen molar-refractivity contribution >= 4 is 27.3 Å². The highest BCUT2D eigenvalue weighted by Crippen LogP contribution is 2.24. The molecule has 0 aliphatic carbocycles. The van der Waals surface area contributed by atoms with Gasteiger partial charge < -0.3 is 9.84 Å². The molecule has 0 amide bonds. The third kappa shape index (κ3) is 3.52. The maximum atomic E-state index is 12.0. The van der Waals surface area contributed by atoms with Crippen molar-refractivity contribution in [2.45, 2.75) is 24.8 Å². The maximum absolute atomic E-state index is 12.0. The van der Waals surface area contributed by atoms with E-state index in [1.807, 2.05) is 0 Å². The number of sulfonamides is 1. The number of nitrogens with one attached hydrogen (secondary N) is 1. The number of ether oxygens (including phenoxy) is 1. The Kier molecular flexibility index (Phi) is 4.85. The number of aliphatic carboxylic acids is 1. The van der Waals surface area contributed by atoms with E-state index in [0.29, 0.717) is 4.88 Å². The summed E-state index contributed by atoms with van der Waals surface area (Å²) in [6.07, 6.45) is 0. The summed E-state index contributed by atoms with van der Waals surface area (Å²) in [4.78, 5) is 12.5. The molecule has 8 heteroatoms. The van der Waals surface area contributed by atoms with Gasteiger partial charge in [0.15, 0.2) is 0 Å². The van der Waals surface area contributed by atoms with E-state index in [4.69, 9.17) is 5.11 Å². The van der Waals surface area contributed by atoms with E-state index in [9.17, 15) is 13.2 Å². The molecule has 1 rings (SSSR count). The van der Waals surface area contributed by atoms with Gasteiger partial charge in [-0.25, -0.2) is 8.42 Å². The first-order chi connectivity index (χ1) is 8.27. The molecule has 0 aliphatic rings. The monoisotopic (exact) mass is 293 g/mol. The Morgan fingerprint density at radius 2 is 2.17 bits per heavy atom. The molecular weight excluding hydrogens is 278 g/mol. The number of rotatable bonds is 6. The minimum atomic E-state index is -3.84. The zero-order chi connectivity index (χ0) is 13.9. The van der Waals surface area contributed by atoms with Crippen LogP contribution in [0.15, 0.2) is 11.0 Å². The van der Waals surface area contributed by atoms with Gasteiger partial charge in [-0.2, -0.15) is 4.72 Å². The SMILES string of the molecule is COCC(NS(=O)(=O)c1cc(C)sc1C)C(=O)O. The Bertz CT molecular complexity index is 534. The van der Waals surface area contributed by atoms with Crippen LogP contribution in [0, 0.1) is 13.8 Å². The summed E-state index contributed by atoms with van der Waals surface area (Å²) in [6.45, 7) is 3.25. The summed E-state index contributed by atoms with van der Waals surface area (Å²) >= 11 is 1.35. The van der Waals surface area contributed by atoms with Crippen LogP contribution >= 0.6 is 11.3 Å². The zero-order valence-electron chi connectivity index (χ0n) is 10.3. The largest absolute Gasteiger partial charge is 0.480 e. The summed E-state index contributed by atoms with van der Waals surface area (Å²) in [6, 6.07) is 0.230. The number of aryl methyl sites for hydroxylation is 2. The molecule has 2 N–H and O–H groups in total. The number of hydrogen-bond acceptors (Lipinski definition) is 5. The highest BCUT2D eigenvalue weighted by atomic mass is 32.2. The third-order valence-corrected chi connectivity index (χ3v) is 4.91. The molecule has 0 fully saturated rings. The molecule has 0 saturated carbocycles. The lowest BCUT2D eigenvalue weighted by molar-refractivity contribution is -0.140. The molecule has 1 unspecified atom stereocenters. The number of methoxy groups -OCH3 is 1. The first kappa shape index (κ1) is 15.1. The Morgan fingerprint density at radius 1 is 1.56 bits per heavy atom. The van der Waals surface area contributed by atoms with Gasteiger partial charge in [-0.3, -0.25) is 4.79 Å². The molecule has 0 radical (unpaired) electrons. The lowest BCUT2D eigenvalue weighted by Gasteiger charge is -2.13. The molecule has 1 heterocycles. The van der Waals surface area contributed by atoms with Crippen LogP contribution in [0.4, 0.5) is 0 Å². The van der Waals surface area contributed by atoms with E-state index in [0.717, 1.165) is 4.88 Å². The summed E-state index contributed by atoms with van der Waals surface area (Å²) in [5.41, 5.74) is 0. The predicted octanol–water partition coefficient (Wildman–Crippen LogP) is 0.743. The average Bonchev–Trinajstić information content (AvgIpc) is 2.57. The second kappa shape index (κ2) is 5.79. The van der Waals surface area contributed by atoms with Gasteiger partial charge in [-0.15, -0.1) is 11.3 Å². The first-order valence-electron chi connectivity index (χ1n) is 5.09. The minimum absolute atomic E-state index is 0.118. The number of carboxylic acid groups (broad SMARTS) is 1. The Balaban J connectivity index is 3.00. The van der Waals surface area contributed by atoms with Crippen molar-refractivity contribution < 1.29 is 23.1 Å². The maximum Gasteiger partial charge on any atom is 0.324 e. The molecule has 1 aromatic rings. The molecule has 18 heavy (non-hydrogen) atoms. The minimum Gasteiger partial charge on any atom is -0.480 e. The van der Waals surface area contributed by atoms with E-state index >= 15 is 0 Å². The fraction of sp³-hybridized carbons (Fsp3) is 0.500. The van der Waals surface area contributed by atoms with E-state index in [1.54, 1.807) is 13.8 Å². The van der Waals surface area contributed by atoms with Crippen LogP contribution in [0.3, 0.4) is 0 Å². The number of carbonyl (C=O) groups is 1. The van der Waals surface area contributed by atoms with E-state index in [1.165, 1.54) is 24.5 Å². The average molecular weight is 293 g/mol. The van der Waals surface area contributed by atoms with Crippen LogP contribution in [0.1, 0.15) is 9.75 Å². The second-order valence-corrected chi connectivity index (χ2v) is 6.89. The van der Waals surface area contributed by atoms with Gasteiger partial charge in [0, 0.05) is 16.9 Å². The summed E-state index contributed by atoms with van der Waals surface area (Å²) in [5, 5.41) is 8.88. The summed E-state index contributed by atoms with van der Waals surface area (Å²) in [7, 11) is -2.53. The first-order valence-corrected chi connectivity index (χ1v) is 7.39. The molecule has 0 aromatic carbocycles. The van der Waals surface area contributed by atoms with Gasteiger partial charge in [-0.1, -0.05) is 0 Å². The Labute approximate surface area is 110 Å². The smallest absolute Gasteiger partial charge is 0.324 e. The van der Waals surface area contributed by atoms with Gasteiger partial charge in [0.2, 0.25) is 10.0 Å². The van der Waals surface area contributed by atoms with Gasteiger partial charge in [0.25, 0.3) is 0 Å². The van der Waals surface area contributed by atoms with Gasteiger partial charge in [0.05, 0.1) is 11.5 Å². The van der Waals surface area contributed by atoms with E-state index in [2.05, 4.69) is 9.46 Å². The molecule has 0 saturated heterocycles. The number of hydrogen-bond donors (Lipinski definition) is 2. The van der Waals surface area contributed by atoms with E-state index in [-0.39, 0.29) is 11.5 Å². The summed E-state index contributed by atoms with van der Waals surface area (Å²) < 4.78 is 30.9. The third-order valence-electron chi connectivity index (χ3n) is 2.21. The molecule has 102 valence electrons. The predicted molar refractivity (Wildman–Crippen MR) is 67.4 cm³/mol. The van der Waals surface area contributed by atoms with Crippen LogP contribution in [0.25, 0.3) is 0 Å². The molecule has 6 nitrogen and oxygen atoms in total. The van der Waals surface area contributed by atoms with Gasteiger partial charge in [-0.05, 0) is 19.9 Å². The number of carboxylic acids is 1. The van der Waals surface area contributed by atoms with Crippen molar-refractivity contribution in [3.63, 3.8) is 0 Å². The van der Waals surface area contributed by atoms with Crippen molar-refractivity contribution in [2.24, 2.45) is 0 Å². The van der Waals surface area contributed by atoms with Crippen LogP contribution < -0.4 is 4.72 Å². The van der Waals surface area contributed by atoms with Gasteiger partial charge >= 0.3 is 5.97 Å². The van der Waals surface area contributed by atoms with Crippen LogP contribution in [0.5, 0.6) is 0 Å². The normalized spacial score (nSPS) is 13.5. The van der Waals surface area contributed by atoms with Crippen LogP contribution in [0.2, 0.25) is 0 Å². The highest BCUT2D eigenvalue weighted by Gasteiger charge is 2.27. The van der Waals surface area contributed by atoms with Crippen molar-refractivity contribution in [1.29, 1.82) is 0 Å². The lowest BCUT2D eigenvalue weighted by Crippen LogP contribution is -2.43. The fourth-order valence-electron chi connectivity index (χ4n) is 1.45. The Morgan fingerprint density at radius 3 is 2.56 bits per heavy atom. The quantitative estimate of drug-likeness (QED) is 0.807. The summed E-state index contributed by atoms with van der Waals surface area (Å²) in [5.74, 6) is -1.27. The molecule has 0 bridgehead atoms. The highest BCUT2D eigenvalue weighted by molar-refractivity contribution is 7.89. The fourth-order valence-corrected chi connectivity index (χ4v) is 4.18. The zero-order valence-corrected chi connectivity index (χ0v) is 11.9. The molecule has 0 spiro atoms. The molecule has 1 aromatic heterocycles. The molecule has 0 aliphatic heterocycles. The van der Waals surface area contributed by atoms with Crippen molar-refractivity contribution in [3.8, 4) is 0 Å². The van der Waals surface area contributed by atoms with Crippen molar-refractivity contribution in [2.75, 3.05) is 13.7 Å². The number of thiophene rings is 1. The van der Waals surface area contributed by atoms with Crippen LogP contribution in [-0.2, 0) is 19.6 Å². The van der Waals surface area contributed by atoms with E-state index < -0.39 is 22.0 Å². The van der Waals surface area contributed by atoms with Crippen LogP contribution in [-0.4, -0.2) is 39.3 Å². The standard InChI is InChI=1S/C10H15NO5S2/c1-6-4-9(7(2)17-6)18(14,15)11-8(5-16-3)10(12)13/h4,8,11H,5H2,1-3H3,(H,12,13). The Hall–Kier alpha value is -0.960. The van der Waals surface area contributed by atoms with Crippen molar-refractivity contribution in [1.82, 2.24) is 4.72 Å². The molecular formula is C10H15NO5S2. The van der Waals surface area contributed by atoms with Crippen molar-refractivity contribution in [3.05, 3.63) is 15.8 Å². The molecule has 1 atom stereocenters. The topological polar surface area (TPSA) is 92.7 Å².